The Hall–Kier alpha value is 1.35. The predicted octanol–water partition coefficient (Wildman–Crippen LogP) is 3.40. The largest absolute Gasteiger partial charge is 1.00 e. The van der Waals surface area contributed by atoms with Crippen molar-refractivity contribution in [1.82, 2.24) is 0 Å². The van der Waals surface area contributed by atoms with Crippen molar-refractivity contribution in [3.05, 3.63) is 0 Å². The van der Waals surface area contributed by atoms with Crippen LogP contribution in [-0.2, 0) is 0 Å². The van der Waals surface area contributed by atoms with Crippen molar-refractivity contribution in [2.24, 2.45) is 0 Å². The maximum atomic E-state index is 4.23. The Balaban J connectivity index is 0. The molecule has 0 unspecified atom stereocenters. The number of thiol groups is 1. The van der Waals surface area contributed by atoms with Crippen LogP contribution in [0.3, 0.4) is 0 Å². The number of hydrogen-bond donors (Lipinski definition) is 1. The molecule has 0 rings (SSSR count). The molecule has 0 nitrogen and oxygen atoms in total. The van der Waals surface area contributed by atoms with Gasteiger partial charge in [-0.3, -0.25) is 0 Å². The third kappa shape index (κ3) is 19.7. The minimum atomic E-state index is 0. The fourth-order valence-electron chi connectivity index (χ4n) is 2.31. The summed E-state index contributed by atoms with van der Waals surface area (Å²) >= 11 is 4.23. The van der Waals surface area contributed by atoms with E-state index in [1.165, 1.54) is 89.9 Å². The first-order valence-corrected chi connectivity index (χ1v) is 8.66. The summed E-state index contributed by atoms with van der Waals surface area (Å²) in [4.78, 5) is 0. The van der Waals surface area contributed by atoms with Crippen molar-refractivity contribution < 1.29 is 29.6 Å². The average Bonchev–Trinajstić information content (AvgIpc) is 2.35. The van der Waals surface area contributed by atoms with E-state index in [-0.39, 0.29) is 29.6 Å². The van der Waals surface area contributed by atoms with Crippen molar-refractivity contribution >= 4 is 12.6 Å². The second-order valence-electron chi connectivity index (χ2n) is 5.32. The molecule has 0 N–H and O–H groups in total. The maximum absolute atomic E-state index is 4.23. The van der Waals surface area contributed by atoms with Crippen molar-refractivity contribution in [3.8, 4) is 0 Å². The van der Waals surface area contributed by atoms with Gasteiger partial charge in [-0.1, -0.05) is 90.4 Å². The molecule has 104 valence electrons. The Labute approximate surface area is 144 Å². The molecule has 0 atom stereocenters. The number of hydrogen-bond acceptors (Lipinski definition) is 1. The van der Waals surface area contributed by atoms with E-state index in [1.54, 1.807) is 0 Å². The summed E-state index contributed by atoms with van der Waals surface area (Å²) in [6, 6.07) is 0. The Morgan fingerprint density at radius 3 is 1.06 bits per heavy atom. The van der Waals surface area contributed by atoms with Gasteiger partial charge in [0.15, 0.2) is 0 Å². The van der Waals surface area contributed by atoms with Gasteiger partial charge >= 0.3 is 29.6 Å². The summed E-state index contributed by atoms with van der Waals surface area (Å²) in [6.45, 7) is 2.29. The number of unbranched alkanes of at least 4 members (excludes halogenated alkanes) is 13. The molecule has 18 heavy (non-hydrogen) atoms. The third-order valence-corrected chi connectivity index (χ3v) is 3.83. The molecule has 2 heteroatoms. The van der Waals surface area contributed by atoms with Gasteiger partial charge in [0.2, 0.25) is 0 Å². The first kappa shape index (κ1) is 21.6. The van der Waals surface area contributed by atoms with Crippen LogP contribution in [0.25, 0.3) is 0 Å². The van der Waals surface area contributed by atoms with E-state index in [1.807, 2.05) is 0 Å². The van der Waals surface area contributed by atoms with E-state index in [0.717, 1.165) is 5.75 Å². The second kappa shape index (κ2) is 20.7. The summed E-state index contributed by atoms with van der Waals surface area (Å²) < 4.78 is 0. The number of rotatable bonds is 14. The van der Waals surface area contributed by atoms with Crippen LogP contribution in [0.15, 0.2) is 0 Å². The maximum Gasteiger partial charge on any atom is 1.00 e. The summed E-state index contributed by atoms with van der Waals surface area (Å²) in [6.07, 6.45) is 20.1. The Kier molecular flexibility index (Phi) is 24.8. The Bertz CT molecular complexity index is 114. The van der Waals surface area contributed by atoms with E-state index >= 15 is 0 Å². The molecule has 0 amide bonds. The van der Waals surface area contributed by atoms with E-state index in [0.29, 0.717) is 0 Å². The molecule has 0 aromatic heterocycles. The quantitative estimate of drug-likeness (QED) is 0.282. The van der Waals surface area contributed by atoms with Gasteiger partial charge in [0.1, 0.15) is 0 Å². The summed E-state index contributed by atoms with van der Waals surface area (Å²) in [7, 11) is 0. The van der Waals surface area contributed by atoms with Crippen LogP contribution in [0.1, 0.15) is 96.8 Å². The van der Waals surface area contributed by atoms with Crippen LogP contribution in [0.4, 0.5) is 0 Å². The van der Waals surface area contributed by atoms with Crippen LogP contribution < -0.4 is 29.6 Å². The molecule has 0 heterocycles. The van der Waals surface area contributed by atoms with Gasteiger partial charge < -0.3 is 0 Å². The fourth-order valence-corrected chi connectivity index (χ4v) is 2.53. The molecule has 0 spiro atoms. The summed E-state index contributed by atoms with van der Waals surface area (Å²) in [5.74, 6) is 1.07. The first-order valence-electron chi connectivity index (χ1n) is 8.02. The zero-order valence-corrected chi connectivity index (χ0v) is 15.9. The van der Waals surface area contributed by atoms with Crippen molar-refractivity contribution in [2.75, 3.05) is 5.75 Å². The average molecular weight is 282 g/mol. The van der Waals surface area contributed by atoms with E-state index < -0.39 is 0 Å². The van der Waals surface area contributed by atoms with Gasteiger partial charge in [-0.2, -0.15) is 12.6 Å². The van der Waals surface area contributed by atoms with Crippen LogP contribution in [0, 0.1) is 0 Å². The molecule has 0 radical (unpaired) electrons. The molecule has 0 saturated carbocycles. The smallest absolute Gasteiger partial charge is 0.179 e. The standard InChI is InChI=1S/C16H34S.Na/c1-2-3-4-5-6-7-8-9-10-11-12-13-14-15-16-17;/h17H,2-16H2,1H3;/q;+1. The fraction of sp³-hybridized carbons (Fsp3) is 1.00. The van der Waals surface area contributed by atoms with E-state index in [9.17, 15) is 0 Å². The third-order valence-electron chi connectivity index (χ3n) is 3.51. The van der Waals surface area contributed by atoms with Crippen molar-refractivity contribution in [1.29, 1.82) is 0 Å². The first-order chi connectivity index (χ1) is 8.41. The molecular formula is C16H34NaS+. The van der Waals surface area contributed by atoms with Crippen LogP contribution in [-0.4, -0.2) is 5.75 Å². The molecule has 0 aromatic rings. The normalized spacial score (nSPS) is 10.3. The molecule has 0 aliphatic heterocycles. The van der Waals surface area contributed by atoms with Gasteiger partial charge in [0, 0.05) is 0 Å². The van der Waals surface area contributed by atoms with Crippen LogP contribution in [0.5, 0.6) is 0 Å². The molecule has 0 aliphatic carbocycles. The summed E-state index contributed by atoms with van der Waals surface area (Å²) in [5.41, 5.74) is 0. The minimum absolute atomic E-state index is 0. The molecular weight excluding hydrogens is 247 g/mol. The van der Waals surface area contributed by atoms with Gasteiger partial charge in [0.05, 0.1) is 0 Å². The van der Waals surface area contributed by atoms with Crippen LogP contribution >= 0.6 is 12.6 Å². The van der Waals surface area contributed by atoms with Gasteiger partial charge in [0.25, 0.3) is 0 Å². The van der Waals surface area contributed by atoms with Crippen LogP contribution in [0.2, 0.25) is 0 Å². The molecule has 0 fully saturated rings. The molecule has 0 aromatic carbocycles. The SMILES string of the molecule is CCCCCCCCCCCCCCCCS.[Na+]. The summed E-state index contributed by atoms with van der Waals surface area (Å²) in [5, 5.41) is 0. The monoisotopic (exact) mass is 281 g/mol. The second-order valence-corrected chi connectivity index (χ2v) is 5.77. The molecule has 0 aliphatic rings. The van der Waals surface area contributed by atoms with Crippen molar-refractivity contribution in [2.45, 2.75) is 96.8 Å². The molecule has 0 bridgehead atoms. The minimum Gasteiger partial charge on any atom is -0.179 e. The Morgan fingerprint density at radius 1 is 0.500 bits per heavy atom. The van der Waals surface area contributed by atoms with Gasteiger partial charge in [-0.15, -0.1) is 0 Å². The van der Waals surface area contributed by atoms with Gasteiger partial charge in [-0.05, 0) is 12.2 Å². The van der Waals surface area contributed by atoms with E-state index in [4.69, 9.17) is 0 Å². The topological polar surface area (TPSA) is 0 Å². The van der Waals surface area contributed by atoms with Gasteiger partial charge in [-0.25, -0.2) is 0 Å². The molecule has 0 saturated heterocycles. The Morgan fingerprint density at radius 2 is 0.778 bits per heavy atom. The van der Waals surface area contributed by atoms with E-state index in [2.05, 4.69) is 19.6 Å². The zero-order valence-electron chi connectivity index (χ0n) is 13.1. The zero-order chi connectivity index (χ0) is 12.6. The van der Waals surface area contributed by atoms with Crippen molar-refractivity contribution in [3.63, 3.8) is 0 Å². The predicted molar refractivity (Wildman–Crippen MR) is 84.2 cm³/mol.